The van der Waals surface area contributed by atoms with E-state index in [9.17, 15) is 0 Å². The summed E-state index contributed by atoms with van der Waals surface area (Å²) in [4.78, 5) is 0. The summed E-state index contributed by atoms with van der Waals surface area (Å²) < 4.78 is 0. The maximum Gasteiger partial charge on any atom is 0.0104 e. The SMILES string of the molecule is NC1C2CCC3CCC4C3C2C14. The van der Waals surface area contributed by atoms with E-state index < -0.39 is 0 Å². The topological polar surface area (TPSA) is 26.0 Å². The summed E-state index contributed by atoms with van der Waals surface area (Å²) in [7, 11) is 0. The molecule has 0 saturated heterocycles. The van der Waals surface area contributed by atoms with Crippen molar-refractivity contribution in [2.75, 3.05) is 0 Å². The molecule has 7 atom stereocenters. The Kier molecular flexibility index (Phi) is 0.934. The molecular formula is C11H17N. The molecule has 0 amide bonds. The summed E-state index contributed by atoms with van der Waals surface area (Å²) in [6, 6.07) is 0.621. The number of hydrogen-bond donors (Lipinski definition) is 1. The molecule has 0 aromatic rings. The molecule has 0 aliphatic heterocycles. The fourth-order valence-corrected chi connectivity index (χ4v) is 5.22. The van der Waals surface area contributed by atoms with Gasteiger partial charge in [-0.25, -0.2) is 0 Å². The van der Waals surface area contributed by atoms with Crippen LogP contribution in [0.3, 0.4) is 0 Å². The van der Waals surface area contributed by atoms with Crippen LogP contribution in [0.2, 0.25) is 0 Å². The summed E-state index contributed by atoms with van der Waals surface area (Å²) in [5, 5.41) is 0. The van der Waals surface area contributed by atoms with Gasteiger partial charge in [-0.3, -0.25) is 0 Å². The van der Waals surface area contributed by atoms with Crippen LogP contribution in [-0.4, -0.2) is 6.04 Å². The lowest BCUT2D eigenvalue weighted by Crippen LogP contribution is -2.71. The lowest BCUT2D eigenvalue weighted by Gasteiger charge is -2.69. The van der Waals surface area contributed by atoms with Gasteiger partial charge in [-0.05, 0) is 61.2 Å². The molecule has 4 rings (SSSR count). The van der Waals surface area contributed by atoms with Crippen LogP contribution in [-0.2, 0) is 0 Å². The molecule has 0 heterocycles. The molecule has 2 N–H and O–H groups in total. The molecule has 7 unspecified atom stereocenters. The summed E-state index contributed by atoms with van der Waals surface area (Å²) >= 11 is 0. The van der Waals surface area contributed by atoms with Crippen molar-refractivity contribution in [2.24, 2.45) is 41.2 Å². The van der Waals surface area contributed by atoms with Crippen molar-refractivity contribution in [3.8, 4) is 0 Å². The number of rotatable bonds is 0. The molecule has 0 aromatic carbocycles. The molecule has 4 aliphatic rings. The summed E-state index contributed by atoms with van der Waals surface area (Å²) in [6.45, 7) is 0. The van der Waals surface area contributed by atoms with E-state index in [1.807, 2.05) is 0 Å². The highest BCUT2D eigenvalue weighted by atomic mass is 14.9. The van der Waals surface area contributed by atoms with Gasteiger partial charge in [0.05, 0.1) is 0 Å². The predicted molar refractivity (Wildman–Crippen MR) is 47.4 cm³/mol. The quantitative estimate of drug-likeness (QED) is 0.577. The Labute approximate surface area is 73.7 Å². The molecule has 4 aliphatic carbocycles. The lowest BCUT2D eigenvalue weighted by molar-refractivity contribution is -0.192. The smallest absolute Gasteiger partial charge is 0.0104 e. The highest BCUT2D eigenvalue weighted by Gasteiger charge is 2.69. The second-order valence-corrected chi connectivity index (χ2v) is 5.55. The third-order valence-corrected chi connectivity index (χ3v) is 5.60. The minimum Gasteiger partial charge on any atom is -0.327 e. The van der Waals surface area contributed by atoms with Gasteiger partial charge in [0.25, 0.3) is 0 Å². The molecule has 0 radical (unpaired) electrons. The van der Waals surface area contributed by atoms with E-state index in [4.69, 9.17) is 5.73 Å². The molecule has 0 bridgehead atoms. The molecule has 0 spiro atoms. The molecule has 4 saturated carbocycles. The Morgan fingerprint density at radius 2 is 1.50 bits per heavy atom. The standard InChI is InChI=1S/C11H17N/c12-11-7-4-2-5-1-3-6-8(5)9(7)10(6)11/h5-11H,1-4,12H2. The zero-order valence-electron chi connectivity index (χ0n) is 7.45. The first kappa shape index (κ1) is 6.42. The number of fused-ring (bicyclic) bond motifs is 1. The normalized spacial score (nSPS) is 71.2. The fourth-order valence-electron chi connectivity index (χ4n) is 5.22. The second kappa shape index (κ2) is 1.75. The summed E-state index contributed by atoms with van der Waals surface area (Å²) in [6.07, 6.45) is 6.05. The zero-order valence-corrected chi connectivity index (χ0v) is 7.45. The van der Waals surface area contributed by atoms with Crippen LogP contribution < -0.4 is 5.73 Å². The van der Waals surface area contributed by atoms with Crippen molar-refractivity contribution < 1.29 is 0 Å². The van der Waals surface area contributed by atoms with Gasteiger partial charge in [-0.15, -0.1) is 0 Å². The van der Waals surface area contributed by atoms with E-state index in [1.165, 1.54) is 19.3 Å². The highest BCUT2D eigenvalue weighted by Crippen LogP contribution is 2.72. The van der Waals surface area contributed by atoms with Crippen molar-refractivity contribution >= 4 is 0 Å². The van der Waals surface area contributed by atoms with Gasteiger partial charge < -0.3 is 5.73 Å². The van der Waals surface area contributed by atoms with Crippen LogP contribution >= 0.6 is 0 Å². The molecule has 0 aromatic heterocycles. The van der Waals surface area contributed by atoms with Crippen molar-refractivity contribution in [3.63, 3.8) is 0 Å². The Hall–Kier alpha value is -0.0400. The van der Waals surface area contributed by atoms with E-state index >= 15 is 0 Å². The van der Waals surface area contributed by atoms with Gasteiger partial charge in [0.2, 0.25) is 0 Å². The second-order valence-electron chi connectivity index (χ2n) is 5.55. The average Bonchev–Trinajstić information content (AvgIpc) is 2.42. The van der Waals surface area contributed by atoms with Crippen molar-refractivity contribution in [1.29, 1.82) is 0 Å². The Morgan fingerprint density at radius 3 is 2.33 bits per heavy atom. The largest absolute Gasteiger partial charge is 0.327 e. The van der Waals surface area contributed by atoms with Gasteiger partial charge in [-0.1, -0.05) is 0 Å². The van der Waals surface area contributed by atoms with Gasteiger partial charge in [-0.2, -0.15) is 0 Å². The lowest BCUT2D eigenvalue weighted by atomic mass is 9.37. The minimum atomic E-state index is 0.621. The molecule has 1 heteroatoms. The third-order valence-electron chi connectivity index (χ3n) is 5.60. The molecule has 66 valence electrons. The van der Waals surface area contributed by atoms with Gasteiger partial charge >= 0.3 is 0 Å². The first-order valence-electron chi connectivity index (χ1n) is 5.63. The van der Waals surface area contributed by atoms with Crippen molar-refractivity contribution in [2.45, 2.75) is 31.7 Å². The maximum absolute atomic E-state index is 6.20. The van der Waals surface area contributed by atoms with Crippen molar-refractivity contribution in [3.05, 3.63) is 0 Å². The fraction of sp³-hybridized carbons (Fsp3) is 1.00. The van der Waals surface area contributed by atoms with Crippen LogP contribution in [0.5, 0.6) is 0 Å². The Bertz CT molecular complexity index is 237. The van der Waals surface area contributed by atoms with Crippen LogP contribution in [0.4, 0.5) is 0 Å². The van der Waals surface area contributed by atoms with E-state index in [0.717, 1.165) is 35.5 Å². The summed E-state index contributed by atoms with van der Waals surface area (Å²) in [5.74, 6) is 6.46. The first-order valence-corrected chi connectivity index (χ1v) is 5.63. The minimum absolute atomic E-state index is 0.621. The molecule has 1 nitrogen and oxygen atoms in total. The van der Waals surface area contributed by atoms with Gasteiger partial charge in [0.15, 0.2) is 0 Å². The monoisotopic (exact) mass is 163 g/mol. The van der Waals surface area contributed by atoms with Crippen molar-refractivity contribution in [1.82, 2.24) is 0 Å². The maximum atomic E-state index is 6.20. The van der Waals surface area contributed by atoms with Gasteiger partial charge in [0.1, 0.15) is 0 Å². The van der Waals surface area contributed by atoms with Crippen LogP contribution in [0.25, 0.3) is 0 Å². The van der Waals surface area contributed by atoms with E-state index in [1.54, 1.807) is 6.42 Å². The van der Waals surface area contributed by atoms with E-state index in [2.05, 4.69) is 0 Å². The van der Waals surface area contributed by atoms with Crippen LogP contribution in [0, 0.1) is 35.5 Å². The Balaban J connectivity index is 1.75. The predicted octanol–water partition coefficient (Wildman–Crippen LogP) is 1.63. The Morgan fingerprint density at radius 1 is 0.750 bits per heavy atom. The number of nitrogens with two attached hydrogens (primary N) is 1. The average molecular weight is 163 g/mol. The van der Waals surface area contributed by atoms with E-state index in [-0.39, 0.29) is 0 Å². The van der Waals surface area contributed by atoms with E-state index in [0.29, 0.717) is 6.04 Å². The third kappa shape index (κ3) is 0.454. The zero-order chi connectivity index (χ0) is 7.87. The molecular weight excluding hydrogens is 146 g/mol. The van der Waals surface area contributed by atoms with Crippen LogP contribution in [0.15, 0.2) is 0 Å². The van der Waals surface area contributed by atoms with Crippen LogP contribution in [0.1, 0.15) is 25.7 Å². The van der Waals surface area contributed by atoms with Gasteiger partial charge in [0, 0.05) is 6.04 Å². The first-order chi connectivity index (χ1) is 5.88. The molecule has 12 heavy (non-hydrogen) atoms. The molecule has 4 fully saturated rings. The highest BCUT2D eigenvalue weighted by molar-refractivity contribution is 5.19. The summed E-state index contributed by atoms with van der Waals surface area (Å²) in [5.41, 5.74) is 6.20. The number of hydrogen-bond acceptors (Lipinski definition) is 1.